The van der Waals surface area contributed by atoms with Gasteiger partial charge in [-0.15, -0.1) is 0 Å². The van der Waals surface area contributed by atoms with Crippen molar-refractivity contribution in [2.24, 2.45) is 5.92 Å². The van der Waals surface area contributed by atoms with Crippen molar-refractivity contribution in [3.63, 3.8) is 0 Å². The lowest BCUT2D eigenvalue weighted by Gasteiger charge is -2.26. The number of fused-ring (bicyclic) bond motifs is 1. The number of pyridine rings is 2. The first-order valence-corrected chi connectivity index (χ1v) is 11.1. The first-order valence-electron chi connectivity index (χ1n) is 11.1. The molecule has 35 heavy (non-hydrogen) atoms. The van der Waals surface area contributed by atoms with Crippen LogP contribution in [0.2, 0.25) is 0 Å². The van der Waals surface area contributed by atoms with Crippen LogP contribution in [0.4, 0.5) is 20.3 Å². The van der Waals surface area contributed by atoms with Crippen LogP contribution in [-0.4, -0.2) is 21.4 Å². The average Bonchev–Trinajstić information content (AvgIpc) is 2.77. The van der Waals surface area contributed by atoms with E-state index >= 15 is 0 Å². The zero-order valence-electron chi connectivity index (χ0n) is 19.3. The molecule has 1 atom stereocenters. The van der Waals surface area contributed by atoms with Crippen molar-refractivity contribution in [3.8, 4) is 0 Å². The quantitative estimate of drug-likeness (QED) is 0.500. The largest absolute Gasteiger partial charge is 0.384 e. The van der Waals surface area contributed by atoms with E-state index in [1.807, 2.05) is 0 Å². The number of aromatic nitrogens is 2. The zero-order chi connectivity index (χ0) is 25.3. The van der Waals surface area contributed by atoms with Crippen LogP contribution in [0.15, 0.2) is 41.2 Å². The number of carbonyl (C=O) groups excluding carboxylic acids is 2. The van der Waals surface area contributed by atoms with E-state index in [9.17, 15) is 23.2 Å². The van der Waals surface area contributed by atoms with E-state index < -0.39 is 29.0 Å². The fraction of sp³-hybridized carbons (Fsp3) is 0.280. The topological polar surface area (TPSA) is 119 Å². The minimum Gasteiger partial charge on any atom is -0.384 e. The lowest BCUT2D eigenvalue weighted by Crippen LogP contribution is -2.39. The molecule has 0 saturated carbocycles. The summed E-state index contributed by atoms with van der Waals surface area (Å²) in [6.07, 6.45) is 0.371. The Labute approximate surface area is 200 Å². The summed E-state index contributed by atoms with van der Waals surface area (Å²) in [5.41, 5.74) is 8.32. The Bertz CT molecular complexity index is 1370. The number of nitrogens with zero attached hydrogens (tertiary/aromatic N) is 2. The monoisotopic (exact) mass is 481 g/mol. The van der Waals surface area contributed by atoms with Gasteiger partial charge in [0.05, 0.1) is 0 Å². The van der Waals surface area contributed by atoms with E-state index in [1.165, 1.54) is 16.7 Å². The number of nitrogens with two attached hydrogens (primary N) is 1. The second kappa shape index (κ2) is 9.65. The molecule has 2 aromatic heterocycles. The normalized spacial score (nSPS) is 14.9. The van der Waals surface area contributed by atoms with Gasteiger partial charge in [0.2, 0.25) is 11.8 Å². The summed E-state index contributed by atoms with van der Waals surface area (Å²) in [6.45, 7) is 3.50. The summed E-state index contributed by atoms with van der Waals surface area (Å²) >= 11 is 0. The minimum atomic E-state index is -0.712. The van der Waals surface area contributed by atoms with Crippen molar-refractivity contribution in [3.05, 3.63) is 86.5 Å². The van der Waals surface area contributed by atoms with E-state index in [4.69, 9.17) is 5.73 Å². The molecule has 4 rings (SSSR count). The lowest BCUT2D eigenvalue weighted by molar-refractivity contribution is -0.122. The van der Waals surface area contributed by atoms with Crippen LogP contribution in [-0.2, 0) is 35.5 Å². The Hall–Kier alpha value is -4.08. The highest BCUT2D eigenvalue weighted by Gasteiger charge is 2.29. The summed E-state index contributed by atoms with van der Waals surface area (Å²) < 4.78 is 28.4. The van der Waals surface area contributed by atoms with Crippen LogP contribution >= 0.6 is 0 Å². The number of rotatable bonds is 6. The fourth-order valence-corrected chi connectivity index (χ4v) is 4.28. The number of hydrogen-bond donors (Lipinski definition) is 3. The second-order valence-corrected chi connectivity index (χ2v) is 8.71. The van der Waals surface area contributed by atoms with Gasteiger partial charge < -0.3 is 20.9 Å². The Balaban J connectivity index is 1.48. The molecule has 1 aliphatic heterocycles. The van der Waals surface area contributed by atoms with Gasteiger partial charge in [-0.2, -0.15) is 0 Å². The van der Waals surface area contributed by atoms with Crippen molar-refractivity contribution < 1.29 is 18.4 Å². The zero-order valence-corrected chi connectivity index (χ0v) is 19.3. The highest BCUT2D eigenvalue weighted by molar-refractivity contribution is 5.95. The van der Waals surface area contributed by atoms with Gasteiger partial charge >= 0.3 is 0 Å². The third-order valence-electron chi connectivity index (χ3n) is 6.07. The van der Waals surface area contributed by atoms with E-state index in [0.717, 1.165) is 11.6 Å². The highest BCUT2D eigenvalue weighted by atomic mass is 19.1. The molecule has 2 amide bonds. The Kier molecular flexibility index (Phi) is 6.63. The molecule has 0 saturated heterocycles. The van der Waals surface area contributed by atoms with Crippen molar-refractivity contribution in [2.75, 3.05) is 11.1 Å². The Morgan fingerprint density at radius 2 is 1.89 bits per heavy atom. The molecule has 1 aliphatic rings. The molecular formula is C25H25F2N5O3. The van der Waals surface area contributed by atoms with Gasteiger partial charge in [0.25, 0.3) is 5.56 Å². The van der Waals surface area contributed by atoms with Gasteiger partial charge in [-0.25, -0.2) is 13.8 Å². The summed E-state index contributed by atoms with van der Waals surface area (Å²) in [5, 5.41) is 5.39. The third-order valence-corrected chi connectivity index (χ3v) is 6.07. The first-order chi connectivity index (χ1) is 16.6. The first kappa shape index (κ1) is 24.1. The lowest BCUT2D eigenvalue weighted by atomic mass is 9.88. The number of carbonyl (C=O) groups is 2. The predicted molar refractivity (Wildman–Crippen MR) is 127 cm³/mol. The number of nitrogen functional groups attached to an aromatic ring is 1. The van der Waals surface area contributed by atoms with Crippen molar-refractivity contribution >= 4 is 23.3 Å². The maximum atomic E-state index is 13.5. The van der Waals surface area contributed by atoms with Crippen LogP contribution in [0.5, 0.6) is 0 Å². The van der Waals surface area contributed by atoms with Gasteiger partial charge in [-0.05, 0) is 67.6 Å². The van der Waals surface area contributed by atoms with Gasteiger partial charge in [0, 0.05) is 29.9 Å². The molecule has 8 nitrogen and oxygen atoms in total. The summed E-state index contributed by atoms with van der Waals surface area (Å²) in [5.74, 6) is -2.41. The molecule has 182 valence electrons. The molecular weight excluding hydrogens is 456 g/mol. The molecule has 3 heterocycles. The average molecular weight is 482 g/mol. The predicted octanol–water partition coefficient (Wildman–Crippen LogP) is 2.39. The summed E-state index contributed by atoms with van der Waals surface area (Å²) in [6, 6.07) is 8.32. The van der Waals surface area contributed by atoms with Gasteiger partial charge in [0.15, 0.2) is 0 Å². The van der Waals surface area contributed by atoms with Gasteiger partial charge in [-0.3, -0.25) is 14.4 Å². The van der Waals surface area contributed by atoms with Crippen LogP contribution in [0.3, 0.4) is 0 Å². The number of hydrogen-bond acceptors (Lipinski definition) is 5. The molecule has 0 fully saturated rings. The van der Waals surface area contributed by atoms with Crippen LogP contribution < -0.4 is 21.9 Å². The van der Waals surface area contributed by atoms with Crippen LogP contribution in [0, 0.1) is 31.4 Å². The van der Waals surface area contributed by atoms with E-state index in [1.54, 1.807) is 32.0 Å². The molecule has 0 aliphatic carbocycles. The molecule has 0 spiro atoms. The van der Waals surface area contributed by atoms with Crippen molar-refractivity contribution in [1.82, 2.24) is 14.9 Å². The highest BCUT2D eigenvalue weighted by Crippen LogP contribution is 2.26. The number of benzene rings is 1. The third kappa shape index (κ3) is 5.37. The number of halogens is 2. The van der Waals surface area contributed by atoms with Gasteiger partial charge in [0.1, 0.15) is 29.7 Å². The van der Waals surface area contributed by atoms with Crippen LogP contribution in [0.25, 0.3) is 0 Å². The maximum Gasteiger partial charge on any atom is 0.275 e. The number of anilines is 2. The van der Waals surface area contributed by atoms with Crippen molar-refractivity contribution in [2.45, 2.75) is 39.8 Å². The number of aryl methyl sites for hydroxylation is 2. The molecule has 3 aromatic rings. The molecule has 10 heteroatoms. The number of amides is 2. The Morgan fingerprint density at radius 3 is 2.57 bits per heavy atom. The molecule has 0 bridgehead atoms. The van der Waals surface area contributed by atoms with E-state index in [-0.39, 0.29) is 37.5 Å². The SMILES string of the molecule is Cc1nc(N)ccc1CNC(=O)Cn1c(C)cc2c(c1=O)NC(=O)C(Cc1cc(F)cc(F)c1)C2. The summed E-state index contributed by atoms with van der Waals surface area (Å²) in [7, 11) is 0. The second-order valence-electron chi connectivity index (χ2n) is 8.71. The maximum absolute atomic E-state index is 13.5. The van der Waals surface area contributed by atoms with E-state index in [0.29, 0.717) is 28.3 Å². The number of nitrogens with one attached hydrogen (secondary N) is 2. The standard InChI is InChI=1S/C25H25F2N5O3/c1-13-5-17-9-18(6-15-7-19(26)10-20(27)8-15)24(34)31-23(17)25(35)32(13)12-22(33)29-11-16-3-4-21(28)30-14(16)2/h3-5,7-8,10,18H,6,9,11-12H2,1-2H3,(H2,28,30)(H,29,33)(H,31,34). The molecule has 1 aromatic carbocycles. The minimum absolute atomic E-state index is 0.119. The summed E-state index contributed by atoms with van der Waals surface area (Å²) in [4.78, 5) is 42.5. The Morgan fingerprint density at radius 1 is 1.17 bits per heavy atom. The smallest absolute Gasteiger partial charge is 0.275 e. The molecule has 0 radical (unpaired) electrons. The fourth-order valence-electron chi connectivity index (χ4n) is 4.28. The molecule has 4 N–H and O–H groups in total. The van der Waals surface area contributed by atoms with Gasteiger partial charge in [-0.1, -0.05) is 6.07 Å². The van der Waals surface area contributed by atoms with Crippen LogP contribution in [0.1, 0.15) is 28.1 Å². The van der Waals surface area contributed by atoms with Crippen molar-refractivity contribution in [1.29, 1.82) is 0 Å². The van der Waals surface area contributed by atoms with E-state index in [2.05, 4.69) is 15.6 Å². The molecule has 1 unspecified atom stereocenters.